The van der Waals surface area contributed by atoms with Gasteiger partial charge in [-0.15, -0.1) is 0 Å². The van der Waals surface area contributed by atoms with Gasteiger partial charge in [-0.3, -0.25) is 20.2 Å². The summed E-state index contributed by atoms with van der Waals surface area (Å²) in [7, 11) is 0. The number of non-ortho nitro benzene ring substituents is 2. The summed E-state index contributed by atoms with van der Waals surface area (Å²) in [6.45, 7) is 1.72. The molecule has 0 aliphatic rings. The summed E-state index contributed by atoms with van der Waals surface area (Å²) >= 11 is 0. The van der Waals surface area contributed by atoms with E-state index < -0.39 is 0 Å². The molecule has 7 heteroatoms. The van der Waals surface area contributed by atoms with Gasteiger partial charge in [-0.2, -0.15) is 0 Å². The summed E-state index contributed by atoms with van der Waals surface area (Å²) in [5.74, 6) is 0. The van der Waals surface area contributed by atoms with Gasteiger partial charge < -0.3 is 4.74 Å². The molecule has 0 saturated carbocycles. The summed E-state index contributed by atoms with van der Waals surface area (Å²) in [6.07, 6.45) is 16.3. The number of nitro benzene ring substituents is 2. The van der Waals surface area contributed by atoms with E-state index in [0.29, 0.717) is 0 Å². The van der Waals surface area contributed by atoms with Crippen LogP contribution in [-0.2, 0) is 17.6 Å². The molecular formula is C28H40N2O5. The van der Waals surface area contributed by atoms with Crippen LogP contribution < -0.4 is 0 Å². The van der Waals surface area contributed by atoms with Crippen molar-refractivity contribution in [3.8, 4) is 0 Å². The first-order chi connectivity index (χ1) is 17.1. The molecule has 2 aromatic rings. The van der Waals surface area contributed by atoms with E-state index in [1.165, 1.54) is 62.5 Å². The lowest BCUT2D eigenvalue weighted by Crippen LogP contribution is -1.97. The summed E-state index contributed by atoms with van der Waals surface area (Å²) in [5, 5.41) is 21.3. The molecule has 0 N–H and O–H groups in total. The third-order valence-electron chi connectivity index (χ3n) is 6.30. The van der Waals surface area contributed by atoms with Crippen molar-refractivity contribution >= 4 is 11.4 Å². The minimum atomic E-state index is -0.357. The zero-order valence-corrected chi connectivity index (χ0v) is 20.9. The monoisotopic (exact) mass is 484 g/mol. The molecule has 0 amide bonds. The Kier molecular flexibility index (Phi) is 14.3. The molecule has 0 radical (unpaired) electrons. The minimum absolute atomic E-state index is 0.157. The van der Waals surface area contributed by atoms with Gasteiger partial charge in [0.25, 0.3) is 11.4 Å². The standard InChI is InChI=1S/C28H40N2O5/c31-29(32)27-19-15-25(16-20-27)13-9-5-1-3-7-11-23-35-24-12-8-4-2-6-10-14-26-17-21-28(22-18-26)30(33)34/h15-22H,1-14,23-24H2. The first-order valence-corrected chi connectivity index (χ1v) is 13.1. The topological polar surface area (TPSA) is 95.5 Å². The molecule has 192 valence electrons. The van der Waals surface area contributed by atoms with Crippen molar-refractivity contribution in [2.24, 2.45) is 0 Å². The Morgan fingerprint density at radius 2 is 0.800 bits per heavy atom. The number of hydrogen-bond donors (Lipinski definition) is 0. The second-order valence-corrected chi connectivity index (χ2v) is 9.20. The molecular weight excluding hydrogens is 444 g/mol. The van der Waals surface area contributed by atoms with Crippen LogP contribution in [0.3, 0.4) is 0 Å². The van der Waals surface area contributed by atoms with Gasteiger partial charge in [0.2, 0.25) is 0 Å². The Hall–Kier alpha value is -2.80. The summed E-state index contributed by atoms with van der Waals surface area (Å²) in [6, 6.07) is 13.8. The van der Waals surface area contributed by atoms with Crippen LogP contribution in [0.25, 0.3) is 0 Å². The lowest BCUT2D eigenvalue weighted by molar-refractivity contribution is -0.385. The van der Waals surface area contributed by atoms with E-state index in [1.54, 1.807) is 24.3 Å². The molecule has 0 aliphatic heterocycles. The summed E-state index contributed by atoms with van der Waals surface area (Å²) in [5.41, 5.74) is 2.66. The van der Waals surface area contributed by atoms with E-state index in [1.807, 2.05) is 24.3 Å². The maximum absolute atomic E-state index is 10.7. The smallest absolute Gasteiger partial charge is 0.269 e. The van der Waals surface area contributed by atoms with Crippen molar-refractivity contribution < 1.29 is 14.6 Å². The first kappa shape index (κ1) is 28.4. The minimum Gasteiger partial charge on any atom is -0.381 e. The van der Waals surface area contributed by atoms with Gasteiger partial charge in [0.15, 0.2) is 0 Å². The van der Waals surface area contributed by atoms with Crippen LogP contribution in [0.2, 0.25) is 0 Å². The molecule has 7 nitrogen and oxygen atoms in total. The highest BCUT2D eigenvalue weighted by Gasteiger charge is 2.04. The van der Waals surface area contributed by atoms with Gasteiger partial charge in [0, 0.05) is 37.5 Å². The molecule has 0 unspecified atom stereocenters. The largest absolute Gasteiger partial charge is 0.381 e. The summed E-state index contributed by atoms with van der Waals surface area (Å²) in [4.78, 5) is 20.6. The SMILES string of the molecule is O=[N+]([O-])c1ccc(CCCCCCCCOCCCCCCCCc2ccc([N+](=O)[O-])cc2)cc1. The fraction of sp³-hybridized carbons (Fsp3) is 0.571. The molecule has 0 heterocycles. The number of benzene rings is 2. The van der Waals surface area contributed by atoms with Gasteiger partial charge in [0.1, 0.15) is 0 Å². The average Bonchev–Trinajstić information content (AvgIpc) is 2.86. The Morgan fingerprint density at radius 3 is 1.14 bits per heavy atom. The van der Waals surface area contributed by atoms with Crippen LogP contribution in [0, 0.1) is 20.2 Å². The number of nitro groups is 2. The Balaban J connectivity index is 1.30. The van der Waals surface area contributed by atoms with Gasteiger partial charge in [-0.05, 0) is 49.7 Å². The molecule has 0 spiro atoms. The maximum Gasteiger partial charge on any atom is 0.269 e. The van der Waals surface area contributed by atoms with Gasteiger partial charge in [-0.25, -0.2) is 0 Å². The van der Waals surface area contributed by atoms with E-state index in [4.69, 9.17) is 4.74 Å². The molecule has 0 aliphatic carbocycles. The number of unbranched alkanes of at least 4 members (excludes halogenated alkanes) is 10. The Morgan fingerprint density at radius 1 is 0.486 bits per heavy atom. The maximum atomic E-state index is 10.7. The van der Waals surface area contributed by atoms with Crippen molar-refractivity contribution in [3.63, 3.8) is 0 Å². The Labute approximate surface area is 209 Å². The van der Waals surface area contributed by atoms with Crippen LogP contribution in [0.4, 0.5) is 11.4 Å². The average molecular weight is 485 g/mol. The highest BCUT2D eigenvalue weighted by atomic mass is 16.6. The first-order valence-electron chi connectivity index (χ1n) is 13.1. The molecule has 0 atom stereocenters. The van der Waals surface area contributed by atoms with Gasteiger partial charge in [-0.1, -0.05) is 75.6 Å². The van der Waals surface area contributed by atoms with Crippen molar-refractivity contribution in [2.45, 2.75) is 89.9 Å². The van der Waals surface area contributed by atoms with Gasteiger partial charge >= 0.3 is 0 Å². The number of aryl methyl sites for hydroxylation is 2. The molecule has 0 aromatic heterocycles. The van der Waals surface area contributed by atoms with Crippen molar-refractivity contribution in [1.82, 2.24) is 0 Å². The van der Waals surface area contributed by atoms with Crippen LogP contribution in [0.15, 0.2) is 48.5 Å². The Bertz CT molecular complexity index is 781. The predicted molar refractivity (Wildman–Crippen MR) is 140 cm³/mol. The predicted octanol–water partition coefficient (Wildman–Crippen LogP) is 7.99. The third kappa shape index (κ3) is 13.0. The fourth-order valence-electron chi connectivity index (χ4n) is 4.15. The molecule has 2 rings (SSSR count). The second kappa shape index (κ2) is 17.6. The molecule has 0 bridgehead atoms. The van der Waals surface area contributed by atoms with Crippen LogP contribution in [-0.4, -0.2) is 23.1 Å². The second-order valence-electron chi connectivity index (χ2n) is 9.20. The van der Waals surface area contributed by atoms with Gasteiger partial charge in [0.05, 0.1) is 9.85 Å². The zero-order valence-electron chi connectivity index (χ0n) is 20.9. The highest BCUT2D eigenvalue weighted by molar-refractivity contribution is 5.33. The zero-order chi connectivity index (χ0) is 25.1. The van der Waals surface area contributed by atoms with E-state index >= 15 is 0 Å². The lowest BCUT2D eigenvalue weighted by Gasteiger charge is -2.05. The summed E-state index contributed by atoms with van der Waals surface area (Å²) < 4.78 is 5.76. The number of nitrogens with zero attached hydrogens (tertiary/aromatic N) is 2. The van der Waals surface area contributed by atoms with Crippen molar-refractivity contribution in [3.05, 3.63) is 79.9 Å². The fourth-order valence-corrected chi connectivity index (χ4v) is 4.15. The molecule has 0 saturated heterocycles. The number of hydrogen-bond acceptors (Lipinski definition) is 5. The third-order valence-corrected chi connectivity index (χ3v) is 6.30. The van der Waals surface area contributed by atoms with Crippen LogP contribution >= 0.6 is 0 Å². The number of rotatable bonds is 20. The van der Waals surface area contributed by atoms with Crippen LogP contribution in [0.5, 0.6) is 0 Å². The van der Waals surface area contributed by atoms with E-state index in [0.717, 1.165) is 51.7 Å². The number of ether oxygens (including phenoxy) is 1. The van der Waals surface area contributed by atoms with E-state index in [9.17, 15) is 20.2 Å². The normalized spacial score (nSPS) is 11.0. The van der Waals surface area contributed by atoms with Crippen molar-refractivity contribution in [2.75, 3.05) is 13.2 Å². The molecule has 35 heavy (non-hydrogen) atoms. The van der Waals surface area contributed by atoms with Crippen molar-refractivity contribution in [1.29, 1.82) is 0 Å². The lowest BCUT2D eigenvalue weighted by atomic mass is 10.0. The van der Waals surface area contributed by atoms with Crippen LogP contribution in [0.1, 0.15) is 88.2 Å². The van der Waals surface area contributed by atoms with E-state index in [-0.39, 0.29) is 21.2 Å². The molecule has 0 fully saturated rings. The highest BCUT2D eigenvalue weighted by Crippen LogP contribution is 2.16. The van der Waals surface area contributed by atoms with E-state index in [2.05, 4.69) is 0 Å². The quantitative estimate of drug-likeness (QED) is 0.108. The molecule has 2 aromatic carbocycles.